The average molecular weight is 360 g/mol. The van der Waals surface area contributed by atoms with Gasteiger partial charge in [-0.1, -0.05) is 13.8 Å². The molecule has 11 heteroatoms. The molecule has 7 N–H and O–H groups in total. The maximum atomic E-state index is 12.2. The van der Waals surface area contributed by atoms with Gasteiger partial charge in [-0.3, -0.25) is 19.2 Å². The summed E-state index contributed by atoms with van der Waals surface area (Å²) in [5.41, 5.74) is 5.11. The van der Waals surface area contributed by atoms with Crippen LogP contribution in [0.5, 0.6) is 0 Å². The summed E-state index contributed by atoms with van der Waals surface area (Å²) in [7, 11) is 0. The van der Waals surface area contributed by atoms with Crippen LogP contribution in [0.25, 0.3) is 0 Å². The van der Waals surface area contributed by atoms with E-state index < -0.39 is 60.1 Å². The number of aliphatic carboxylic acids is 2. The van der Waals surface area contributed by atoms with Crippen molar-refractivity contribution in [3.8, 4) is 0 Å². The molecule has 25 heavy (non-hydrogen) atoms. The lowest BCUT2D eigenvalue weighted by Crippen LogP contribution is -2.56. The Bertz CT molecular complexity index is 535. The second-order valence-electron chi connectivity index (χ2n) is 5.72. The molecule has 0 heterocycles. The Kier molecular flexibility index (Phi) is 9.13. The first-order valence-corrected chi connectivity index (χ1v) is 7.54. The molecule has 0 fully saturated rings. The third-order valence-corrected chi connectivity index (χ3v) is 3.20. The van der Waals surface area contributed by atoms with Crippen molar-refractivity contribution in [1.29, 1.82) is 0 Å². The van der Waals surface area contributed by atoms with Crippen LogP contribution in [-0.2, 0) is 24.0 Å². The lowest BCUT2D eigenvalue weighted by Gasteiger charge is -2.23. The van der Waals surface area contributed by atoms with Crippen molar-refractivity contribution >= 4 is 29.7 Å². The van der Waals surface area contributed by atoms with Crippen LogP contribution in [0.15, 0.2) is 0 Å². The molecule has 0 aliphatic rings. The van der Waals surface area contributed by atoms with Crippen molar-refractivity contribution in [2.24, 2.45) is 11.7 Å². The summed E-state index contributed by atoms with van der Waals surface area (Å²) < 4.78 is 0. The highest BCUT2D eigenvalue weighted by Crippen LogP contribution is 2.04. The molecule has 0 saturated heterocycles. The molecule has 0 aliphatic heterocycles. The van der Waals surface area contributed by atoms with E-state index in [1.54, 1.807) is 13.8 Å². The van der Waals surface area contributed by atoms with Gasteiger partial charge in [-0.25, -0.2) is 4.79 Å². The molecule has 0 radical (unpaired) electrons. The SMILES string of the molecule is CC(NC(=O)CN)C(=O)NC(CC(=O)O)C(=O)NC(C(=O)O)C(C)C. The maximum Gasteiger partial charge on any atom is 0.326 e. The second-order valence-corrected chi connectivity index (χ2v) is 5.72. The molecule has 3 amide bonds. The predicted octanol–water partition coefficient (Wildman–Crippen LogP) is -2.37. The Morgan fingerprint density at radius 1 is 0.920 bits per heavy atom. The van der Waals surface area contributed by atoms with E-state index >= 15 is 0 Å². The van der Waals surface area contributed by atoms with Crippen molar-refractivity contribution in [2.75, 3.05) is 6.54 Å². The first-order valence-electron chi connectivity index (χ1n) is 7.54. The van der Waals surface area contributed by atoms with Gasteiger partial charge >= 0.3 is 11.9 Å². The van der Waals surface area contributed by atoms with E-state index in [0.717, 1.165) is 0 Å². The number of carboxylic acids is 2. The molecule has 0 aromatic rings. The van der Waals surface area contributed by atoms with Crippen molar-refractivity contribution in [2.45, 2.75) is 45.3 Å². The molecule has 142 valence electrons. The maximum absolute atomic E-state index is 12.2. The van der Waals surface area contributed by atoms with Crippen LogP contribution in [0.4, 0.5) is 0 Å². The Labute approximate surface area is 144 Å². The van der Waals surface area contributed by atoms with Crippen molar-refractivity contribution in [1.82, 2.24) is 16.0 Å². The smallest absolute Gasteiger partial charge is 0.326 e. The van der Waals surface area contributed by atoms with E-state index in [1.807, 2.05) is 0 Å². The Morgan fingerprint density at radius 2 is 1.48 bits per heavy atom. The number of hydrogen-bond donors (Lipinski definition) is 6. The number of carbonyl (C=O) groups excluding carboxylic acids is 3. The van der Waals surface area contributed by atoms with Crippen molar-refractivity contribution < 1.29 is 34.2 Å². The lowest BCUT2D eigenvalue weighted by atomic mass is 10.0. The minimum absolute atomic E-state index is 0.342. The van der Waals surface area contributed by atoms with Gasteiger partial charge in [0.1, 0.15) is 18.1 Å². The molecular formula is C14H24N4O7. The molecule has 0 spiro atoms. The minimum atomic E-state index is -1.50. The summed E-state index contributed by atoms with van der Waals surface area (Å²) in [5, 5.41) is 24.6. The molecule has 0 bridgehead atoms. The van der Waals surface area contributed by atoms with Crippen LogP contribution in [0.2, 0.25) is 0 Å². The summed E-state index contributed by atoms with van der Waals surface area (Å²) in [6.07, 6.45) is -0.750. The van der Waals surface area contributed by atoms with Crippen molar-refractivity contribution in [3.63, 3.8) is 0 Å². The standard InChI is InChI=1S/C14H24N4O7/c1-6(2)11(14(24)25)18-13(23)8(4-10(20)21)17-12(22)7(3)16-9(19)5-15/h6-8,11H,4-5,15H2,1-3H3,(H,16,19)(H,17,22)(H,18,23)(H,20,21)(H,24,25). The van der Waals surface area contributed by atoms with Gasteiger partial charge < -0.3 is 31.9 Å². The van der Waals surface area contributed by atoms with Gasteiger partial charge in [0.25, 0.3) is 0 Å². The van der Waals surface area contributed by atoms with E-state index in [4.69, 9.17) is 15.9 Å². The molecule has 11 nitrogen and oxygen atoms in total. The molecule has 0 aromatic carbocycles. The average Bonchev–Trinajstić information content (AvgIpc) is 2.49. The molecule has 3 unspecified atom stereocenters. The molecule has 0 rings (SSSR count). The van der Waals surface area contributed by atoms with Gasteiger partial charge in [-0.05, 0) is 12.8 Å². The summed E-state index contributed by atoms with van der Waals surface area (Å²) >= 11 is 0. The van der Waals surface area contributed by atoms with Crippen LogP contribution >= 0.6 is 0 Å². The number of amides is 3. The molecule has 0 aliphatic carbocycles. The van der Waals surface area contributed by atoms with Gasteiger partial charge in [0.2, 0.25) is 17.7 Å². The molecule has 3 atom stereocenters. The monoisotopic (exact) mass is 360 g/mol. The zero-order valence-electron chi connectivity index (χ0n) is 14.2. The predicted molar refractivity (Wildman–Crippen MR) is 85.2 cm³/mol. The zero-order valence-corrected chi connectivity index (χ0v) is 14.2. The number of nitrogens with one attached hydrogen (secondary N) is 3. The van der Waals surface area contributed by atoms with Gasteiger partial charge in [-0.2, -0.15) is 0 Å². The van der Waals surface area contributed by atoms with Crippen LogP contribution in [0.3, 0.4) is 0 Å². The van der Waals surface area contributed by atoms with Gasteiger partial charge in [-0.15, -0.1) is 0 Å². The number of nitrogens with two attached hydrogens (primary N) is 1. The number of rotatable bonds is 10. The van der Waals surface area contributed by atoms with Crippen LogP contribution < -0.4 is 21.7 Å². The molecule has 0 saturated carbocycles. The highest BCUT2D eigenvalue weighted by molar-refractivity contribution is 5.95. The van der Waals surface area contributed by atoms with Gasteiger partial charge in [0, 0.05) is 0 Å². The molecule has 0 aromatic heterocycles. The third kappa shape index (κ3) is 8.11. The fraction of sp³-hybridized carbons (Fsp3) is 0.643. The highest BCUT2D eigenvalue weighted by atomic mass is 16.4. The highest BCUT2D eigenvalue weighted by Gasteiger charge is 2.30. The van der Waals surface area contributed by atoms with Crippen molar-refractivity contribution in [3.05, 3.63) is 0 Å². The second kappa shape index (κ2) is 10.2. The minimum Gasteiger partial charge on any atom is -0.481 e. The van der Waals surface area contributed by atoms with E-state index in [0.29, 0.717) is 0 Å². The Morgan fingerprint density at radius 3 is 1.88 bits per heavy atom. The number of carbonyl (C=O) groups is 5. The van der Waals surface area contributed by atoms with E-state index in [2.05, 4.69) is 16.0 Å². The summed E-state index contributed by atoms with van der Waals surface area (Å²) in [5.74, 6) is -5.46. The van der Waals surface area contributed by atoms with Crippen LogP contribution in [-0.4, -0.2) is 64.5 Å². The topological polar surface area (TPSA) is 188 Å². The van der Waals surface area contributed by atoms with E-state index in [1.165, 1.54) is 6.92 Å². The third-order valence-electron chi connectivity index (χ3n) is 3.20. The quantitative estimate of drug-likeness (QED) is 0.249. The van der Waals surface area contributed by atoms with E-state index in [9.17, 15) is 24.0 Å². The van der Waals surface area contributed by atoms with Crippen LogP contribution in [0, 0.1) is 5.92 Å². The first-order chi connectivity index (χ1) is 11.5. The summed E-state index contributed by atoms with van der Waals surface area (Å²) in [6, 6.07) is -3.79. The molecular weight excluding hydrogens is 336 g/mol. The zero-order chi connectivity index (χ0) is 19.7. The van der Waals surface area contributed by atoms with Gasteiger partial charge in [0.15, 0.2) is 0 Å². The fourth-order valence-corrected chi connectivity index (χ4v) is 1.81. The largest absolute Gasteiger partial charge is 0.481 e. The van der Waals surface area contributed by atoms with E-state index in [-0.39, 0.29) is 6.54 Å². The Balaban J connectivity index is 5.08. The lowest BCUT2D eigenvalue weighted by molar-refractivity contribution is -0.144. The fourth-order valence-electron chi connectivity index (χ4n) is 1.81. The first kappa shape index (κ1) is 22.3. The summed E-state index contributed by atoms with van der Waals surface area (Å²) in [4.78, 5) is 57.4. The van der Waals surface area contributed by atoms with Gasteiger partial charge in [0.05, 0.1) is 13.0 Å². The Hall–Kier alpha value is -2.69. The summed E-state index contributed by atoms with van der Waals surface area (Å²) in [6.45, 7) is 4.11. The number of hydrogen-bond acceptors (Lipinski definition) is 6. The normalized spacial score (nSPS) is 14.1. The van der Waals surface area contributed by atoms with Crippen LogP contribution in [0.1, 0.15) is 27.2 Å². The number of carboxylic acid groups (broad SMARTS) is 2.